The molecule has 0 amide bonds. The number of nitrogens with two attached hydrogens (primary N) is 1. The van der Waals surface area contributed by atoms with Crippen molar-refractivity contribution in [1.82, 2.24) is 4.98 Å². The smallest absolute Gasteiger partial charge is 0.238 e. The minimum absolute atomic E-state index is 0.0269. The zero-order valence-electron chi connectivity index (χ0n) is 15.7. The number of hydrogen-bond donors (Lipinski definition) is 1. The van der Waals surface area contributed by atoms with Crippen LogP contribution in [0, 0.1) is 5.82 Å². The fraction of sp³-hybridized carbons (Fsp3) is 0. The van der Waals surface area contributed by atoms with E-state index in [1.54, 1.807) is 48.5 Å². The van der Waals surface area contributed by atoms with Crippen LogP contribution in [0.25, 0.3) is 21.7 Å². The maximum atomic E-state index is 13.4. The fourth-order valence-corrected chi connectivity index (χ4v) is 4.77. The molecule has 0 unspecified atom stereocenters. The van der Waals surface area contributed by atoms with E-state index in [4.69, 9.17) is 5.14 Å². The Morgan fingerprint density at radius 2 is 1.48 bits per heavy atom. The van der Waals surface area contributed by atoms with Crippen molar-refractivity contribution in [3.8, 4) is 21.7 Å². The maximum Gasteiger partial charge on any atom is 0.238 e. The molecule has 0 spiro atoms. The zero-order valence-corrected chi connectivity index (χ0v) is 19.0. The molecule has 2 N–H and O–H groups in total. The summed E-state index contributed by atoms with van der Waals surface area (Å²) in [4.78, 5) is 18.2. The molecular formula is C22H14BrFN2O3S2. The molecule has 4 aromatic rings. The van der Waals surface area contributed by atoms with Crippen LogP contribution in [-0.4, -0.2) is 19.2 Å². The van der Waals surface area contributed by atoms with Gasteiger partial charge in [0.15, 0.2) is 5.01 Å². The van der Waals surface area contributed by atoms with Crippen LogP contribution in [0.1, 0.15) is 15.4 Å². The Kier molecular flexibility index (Phi) is 5.85. The Morgan fingerprint density at radius 3 is 2.06 bits per heavy atom. The van der Waals surface area contributed by atoms with Crippen LogP contribution in [0.4, 0.5) is 4.39 Å². The van der Waals surface area contributed by atoms with Gasteiger partial charge in [0, 0.05) is 15.6 Å². The quantitative estimate of drug-likeness (QED) is 0.366. The summed E-state index contributed by atoms with van der Waals surface area (Å²) in [6.07, 6.45) is 0. The number of carbonyl (C=O) groups excluding carboxylic acids is 1. The highest BCUT2D eigenvalue weighted by molar-refractivity contribution is 9.10. The van der Waals surface area contributed by atoms with Crippen LogP contribution in [0.2, 0.25) is 0 Å². The molecule has 0 saturated heterocycles. The second-order valence-electron chi connectivity index (χ2n) is 6.61. The van der Waals surface area contributed by atoms with E-state index in [1.165, 1.54) is 35.6 Å². The Bertz CT molecular complexity index is 1370. The van der Waals surface area contributed by atoms with Gasteiger partial charge in [0.2, 0.25) is 15.8 Å². The average Bonchev–Trinajstić information content (AvgIpc) is 3.19. The van der Waals surface area contributed by atoms with E-state index in [-0.39, 0.29) is 21.5 Å². The van der Waals surface area contributed by atoms with Gasteiger partial charge in [0.1, 0.15) is 5.82 Å². The summed E-state index contributed by atoms with van der Waals surface area (Å²) in [5.74, 6) is -0.619. The highest BCUT2D eigenvalue weighted by Crippen LogP contribution is 2.38. The van der Waals surface area contributed by atoms with Gasteiger partial charge in [0.05, 0.1) is 15.5 Å². The van der Waals surface area contributed by atoms with Crippen molar-refractivity contribution < 1.29 is 17.6 Å². The van der Waals surface area contributed by atoms with Crippen LogP contribution < -0.4 is 5.14 Å². The van der Waals surface area contributed by atoms with Crippen molar-refractivity contribution in [2.75, 3.05) is 0 Å². The molecule has 1 aromatic heterocycles. The van der Waals surface area contributed by atoms with E-state index < -0.39 is 10.0 Å². The molecule has 0 radical (unpaired) electrons. The molecule has 0 fully saturated rings. The lowest BCUT2D eigenvalue weighted by molar-refractivity contribution is 0.103. The molecule has 0 bridgehead atoms. The standard InChI is InChI=1S/C22H14BrFN2O3S2/c23-16-7-1-14(2-8-16)20(27)22-26-19(13-5-11-18(12-6-13)31(25,28)29)21(30-22)15-3-9-17(24)10-4-15/h1-12H,(H2,25,28,29). The van der Waals surface area contributed by atoms with Gasteiger partial charge in [-0.3, -0.25) is 4.79 Å². The van der Waals surface area contributed by atoms with E-state index in [0.29, 0.717) is 27.3 Å². The number of ketones is 1. The number of primary sulfonamides is 1. The van der Waals surface area contributed by atoms with Gasteiger partial charge in [-0.25, -0.2) is 22.9 Å². The third-order valence-corrected chi connectivity index (χ3v) is 7.05. The monoisotopic (exact) mass is 516 g/mol. The van der Waals surface area contributed by atoms with Crippen molar-refractivity contribution in [1.29, 1.82) is 0 Å². The number of rotatable bonds is 5. The lowest BCUT2D eigenvalue weighted by atomic mass is 10.1. The van der Waals surface area contributed by atoms with Crippen molar-refractivity contribution in [3.63, 3.8) is 0 Å². The van der Waals surface area contributed by atoms with Crippen molar-refractivity contribution in [2.45, 2.75) is 4.90 Å². The summed E-state index contributed by atoms with van der Waals surface area (Å²) in [7, 11) is -3.83. The largest absolute Gasteiger partial charge is 0.286 e. The third-order valence-electron chi connectivity index (χ3n) is 4.49. The maximum absolute atomic E-state index is 13.4. The van der Waals surface area contributed by atoms with Crippen LogP contribution >= 0.6 is 27.3 Å². The molecule has 0 aliphatic carbocycles. The van der Waals surface area contributed by atoms with Crippen molar-refractivity contribution in [2.24, 2.45) is 5.14 Å². The summed E-state index contributed by atoms with van der Waals surface area (Å²) in [6.45, 7) is 0. The van der Waals surface area contributed by atoms with E-state index in [9.17, 15) is 17.6 Å². The topological polar surface area (TPSA) is 90.1 Å². The SMILES string of the molecule is NS(=O)(=O)c1ccc(-c2nc(C(=O)c3ccc(Br)cc3)sc2-c2ccc(F)cc2)cc1. The zero-order chi connectivity index (χ0) is 22.2. The minimum atomic E-state index is -3.83. The third kappa shape index (κ3) is 4.64. The molecule has 0 saturated carbocycles. The van der Waals surface area contributed by atoms with Crippen molar-refractivity contribution >= 4 is 43.1 Å². The molecule has 0 atom stereocenters. The summed E-state index contributed by atoms with van der Waals surface area (Å²) in [5, 5.41) is 5.45. The molecular weight excluding hydrogens is 503 g/mol. The Balaban J connectivity index is 1.83. The van der Waals surface area contributed by atoms with Gasteiger partial charge in [-0.1, -0.05) is 40.2 Å². The number of thiazole rings is 1. The molecule has 0 aliphatic rings. The number of sulfonamides is 1. The molecule has 1 heterocycles. The second kappa shape index (κ2) is 8.43. The van der Waals surface area contributed by atoms with Gasteiger partial charge < -0.3 is 0 Å². The molecule has 5 nitrogen and oxygen atoms in total. The number of benzene rings is 3. The lowest BCUT2D eigenvalue weighted by Crippen LogP contribution is -2.11. The van der Waals surface area contributed by atoms with Gasteiger partial charge in [0.25, 0.3) is 0 Å². The first-order valence-electron chi connectivity index (χ1n) is 8.92. The van der Waals surface area contributed by atoms with E-state index in [2.05, 4.69) is 20.9 Å². The number of carbonyl (C=O) groups is 1. The normalized spacial score (nSPS) is 11.5. The summed E-state index contributed by atoms with van der Waals surface area (Å²) in [6, 6.07) is 18.8. The predicted molar refractivity (Wildman–Crippen MR) is 122 cm³/mol. The fourth-order valence-electron chi connectivity index (χ4n) is 2.94. The van der Waals surface area contributed by atoms with Crippen LogP contribution in [0.5, 0.6) is 0 Å². The first kappa shape index (κ1) is 21.5. The molecule has 0 aliphatic heterocycles. The number of hydrogen-bond acceptors (Lipinski definition) is 5. The van der Waals surface area contributed by atoms with Gasteiger partial charge in [-0.05, 0) is 54.1 Å². The van der Waals surface area contributed by atoms with Gasteiger partial charge in [-0.15, -0.1) is 11.3 Å². The van der Waals surface area contributed by atoms with Crippen LogP contribution in [-0.2, 0) is 10.0 Å². The average molecular weight is 517 g/mol. The number of nitrogens with zero attached hydrogens (tertiary/aromatic N) is 1. The molecule has 31 heavy (non-hydrogen) atoms. The Morgan fingerprint density at radius 1 is 0.903 bits per heavy atom. The highest BCUT2D eigenvalue weighted by atomic mass is 79.9. The van der Waals surface area contributed by atoms with E-state index in [1.807, 2.05) is 0 Å². The Labute approximate surface area is 190 Å². The Hall–Kier alpha value is -2.72. The molecule has 4 rings (SSSR count). The van der Waals surface area contributed by atoms with E-state index in [0.717, 1.165) is 4.47 Å². The van der Waals surface area contributed by atoms with Gasteiger partial charge in [-0.2, -0.15) is 0 Å². The molecule has 156 valence electrons. The summed E-state index contributed by atoms with van der Waals surface area (Å²) >= 11 is 4.54. The first-order valence-corrected chi connectivity index (χ1v) is 12.1. The minimum Gasteiger partial charge on any atom is -0.286 e. The van der Waals surface area contributed by atoms with Crippen molar-refractivity contribution in [3.05, 3.63) is 93.7 Å². The number of aromatic nitrogens is 1. The number of halogens is 2. The molecule has 9 heteroatoms. The molecule has 3 aromatic carbocycles. The second-order valence-corrected chi connectivity index (χ2v) is 10.1. The van der Waals surface area contributed by atoms with E-state index >= 15 is 0 Å². The van der Waals surface area contributed by atoms with Crippen LogP contribution in [0.3, 0.4) is 0 Å². The lowest BCUT2D eigenvalue weighted by Gasteiger charge is -2.04. The van der Waals surface area contributed by atoms with Crippen LogP contribution in [0.15, 0.2) is 82.2 Å². The van der Waals surface area contributed by atoms with Gasteiger partial charge >= 0.3 is 0 Å². The summed E-state index contributed by atoms with van der Waals surface area (Å²) < 4.78 is 37.4. The first-order chi connectivity index (χ1) is 14.7. The summed E-state index contributed by atoms with van der Waals surface area (Å²) in [5.41, 5.74) is 2.29. The highest BCUT2D eigenvalue weighted by Gasteiger charge is 2.21. The predicted octanol–water partition coefficient (Wildman–Crippen LogP) is 5.26.